The van der Waals surface area contributed by atoms with E-state index in [0.717, 1.165) is 18.6 Å². The van der Waals surface area contributed by atoms with Crippen LogP contribution in [0.15, 0.2) is 24.3 Å². The second-order valence-electron chi connectivity index (χ2n) is 13.1. The van der Waals surface area contributed by atoms with Crippen molar-refractivity contribution < 1.29 is 28.1 Å². The van der Waals surface area contributed by atoms with E-state index >= 15 is 0 Å². The molecule has 6 rings (SSSR count). The molecule has 0 unspecified atom stereocenters. The lowest BCUT2D eigenvalue weighted by atomic mass is 9.59. The summed E-state index contributed by atoms with van der Waals surface area (Å²) >= 11 is 0. The highest BCUT2D eigenvalue weighted by molar-refractivity contribution is 6.77. The van der Waals surface area contributed by atoms with Crippen LogP contribution < -0.4 is 4.74 Å². The fourth-order valence-electron chi connectivity index (χ4n) is 9.18. The van der Waals surface area contributed by atoms with Crippen molar-refractivity contribution in [3.63, 3.8) is 0 Å². The Bertz CT molecular complexity index is 1070. The molecule has 38 heavy (non-hydrogen) atoms. The third kappa shape index (κ3) is 3.55. The summed E-state index contributed by atoms with van der Waals surface area (Å²) in [6, 6.07) is 6.43. The molecule has 0 aromatic heterocycles. The predicted octanol–water partition coefficient (Wildman–Crippen LogP) is 6.34. The van der Waals surface area contributed by atoms with Crippen LogP contribution in [0, 0.1) is 17.8 Å². The number of fused-ring (bicyclic) bond motifs is 8. The molecule has 5 aliphatic rings. The van der Waals surface area contributed by atoms with Crippen molar-refractivity contribution in [3.05, 3.63) is 35.4 Å². The molecular weight excluding hydrogens is 496 g/mol. The molecule has 2 heterocycles. The molecule has 2 saturated heterocycles. The fourth-order valence-corrected chi connectivity index (χ4v) is 14.7. The molecule has 210 valence electrons. The van der Waals surface area contributed by atoms with Crippen LogP contribution in [-0.2, 0) is 29.8 Å². The molecule has 1 saturated carbocycles. The normalized spacial score (nSPS) is 34.8. The van der Waals surface area contributed by atoms with Gasteiger partial charge in [-0.3, -0.25) is 0 Å². The van der Waals surface area contributed by atoms with Crippen LogP contribution in [0.5, 0.6) is 5.75 Å². The second-order valence-corrected chi connectivity index (χ2v) is 18.5. The Labute approximate surface area is 229 Å². The van der Waals surface area contributed by atoms with Gasteiger partial charge in [0.05, 0.1) is 19.3 Å². The maximum atomic E-state index is 7.68. The number of ether oxygens (including phenoxy) is 5. The highest BCUT2D eigenvalue weighted by Gasteiger charge is 2.80. The fraction of sp³-hybridized carbons (Fsp3) is 0.742. The molecule has 1 aromatic carbocycles. The minimum Gasteiger partial charge on any atom is -0.467 e. The number of hydrogen-bond donors (Lipinski definition) is 0. The smallest absolute Gasteiger partial charge is 0.203 e. The lowest BCUT2D eigenvalue weighted by Crippen LogP contribution is -2.66. The Hall–Kier alpha value is -1.22. The monoisotopic (exact) mass is 542 g/mol. The first kappa shape index (κ1) is 27.0. The maximum Gasteiger partial charge on any atom is 0.203 e. The molecule has 0 amide bonds. The molecule has 6 nitrogen and oxygen atoms in total. The molecule has 3 aliphatic carbocycles. The number of rotatable bonds is 8. The summed E-state index contributed by atoms with van der Waals surface area (Å²) in [4.78, 5) is 0. The number of epoxide rings is 1. The SMILES string of the molecule is COCOc1cccc2c1C1=CC[C@H]3[C@@H]([C@@H](O[Si](C(C)C)(C(C)C)C(C)C)[C@@H]4O[C@]4(C)C34OCCO4)[C@@H]1C2. The van der Waals surface area contributed by atoms with Gasteiger partial charge in [-0.15, -0.1) is 0 Å². The molecule has 2 aliphatic heterocycles. The van der Waals surface area contributed by atoms with Gasteiger partial charge in [0.2, 0.25) is 14.1 Å². The lowest BCUT2D eigenvalue weighted by Gasteiger charge is -2.55. The third-order valence-corrected chi connectivity index (χ3v) is 16.7. The first-order valence-electron chi connectivity index (χ1n) is 14.7. The minimum atomic E-state index is -2.17. The van der Waals surface area contributed by atoms with E-state index in [4.69, 9.17) is 28.1 Å². The topological polar surface area (TPSA) is 58.7 Å². The van der Waals surface area contributed by atoms with Crippen LogP contribution in [0.2, 0.25) is 16.6 Å². The largest absolute Gasteiger partial charge is 0.467 e. The zero-order valence-corrected chi connectivity index (χ0v) is 25.4. The minimum absolute atomic E-state index is 0.0164. The van der Waals surface area contributed by atoms with E-state index in [2.05, 4.69) is 72.7 Å². The van der Waals surface area contributed by atoms with Gasteiger partial charge in [-0.2, -0.15) is 0 Å². The maximum absolute atomic E-state index is 7.68. The summed E-state index contributed by atoms with van der Waals surface area (Å²) < 4.78 is 38.8. The average molecular weight is 543 g/mol. The van der Waals surface area contributed by atoms with Crippen LogP contribution in [-0.4, -0.2) is 59.0 Å². The Kier molecular flexibility index (Phi) is 6.69. The van der Waals surface area contributed by atoms with Crippen LogP contribution in [0.4, 0.5) is 0 Å². The van der Waals surface area contributed by atoms with Crippen molar-refractivity contribution >= 4 is 13.9 Å². The second kappa shape index (κ2) is 9.42. The zero-order valence-electron chi connectivity index (χ0n) is 24.4. The summed E-state index contributed by atoms with van der Waals surface area (Å²) in [6.45, 7) is 18.0. The summed E-state index contributed by atoms with van der Waals surface area (Å²) in [6.07, 6.45) is 4.31. The van der Waals surface area contributed by atoms with E-state index in [0.29, 0.717) is 35.8 Å². The molecule has 1 aromatic rings. The molecule has 3 fully saturated rings. The first-order chi connectivity index (χ1) is 18.1. The van der Waals surface area contributed by atoms with Crippen molar-refractivity contribution in [2.75, 3.05) is 27.1 Å². The molecule has 6 atom stereocenters. The molecule has 7 heteroatoms. The molecular formula is C31H46O6Si. The van der Waals surface area contributed by atoms with Crippen molar-refractivity contribution in [1.82, 2.24) is 0 Å². The van der Waals surface area contributed by atoms with Crippen LogP contribution in [0.3, 0.4) is 0 Å². The zero-order chi connectivity index (χ0) is 27.0. The van der Waals surface area contributed by atoms with E-state index in [1.165, 1.54) is 16.7 Å². The van der Waals surface area contributed by atoms with Crippen LogP contribution in [0.25, 0.3) is 5.57 Å². The summed E-state index contributed by atoms with van der Waals surface area (Å²) in [5.74, 6) is 0.961. The van der Waals surface area contributed by atoms with Crippen molar-refractivity contribution in [2.45, 2.75) is 102 Å². The van der Waals surface area contributed by atoms with Crippen LogP contribution in [0.1, 0.15) is 66.0 Å². The molecule has 0 N–H and O–H groups in total. The van der Waals surface area contributed by atoms with Gasteiger partial charge in [0.25, 0.3) is 0 Å². The van der Waals surface area contributed by atoms with Crippen molar-refractivity contribution in [2.24, 2.45) is 17.8 Å². The molecule has 0 radical (unpaired) electrons. The van der Waals surface area contributed by atoms with Gasteiger partial charge in [-0.05, 0) is 59.5 Å². The molecule has 1 spiro atoms. The van der Waals surface area contributed by atoms with Gasteiger partial charge in [0, 0.05) is 24.5 Å². The Morgan fingerprint density at radius 1 is 1.03 bits per heavy atom. The molecule has 0 bridgehead atoms. The standard InChI is InChI=1S/C31H46O6Si/c1-18(2)38(19(3)4,20(5)6)37-28-27-23-16-21-10-9-11-25(33-17-32-8)26(21)22(23)12-13-24(27)31(34-14-15-35-31)30(7)29(28)36-30/h9-12,18-20,23-24,27-29H,13-17H2,1-8H3/t23-,24+,27+,28-,29+,30+/m1/s1. The Balaban J connectivity index is 1.45. The third-order valence-electron chi connectivity index (χ3n) is 10.6. The van der Waals surface area contributed by atoms with E-state index in [1.54, 1.807) is 7.11 Å². The van der Waals surface area contributed by atoms with Gasteiger partial charge < -0.3 is 28.1 Å². The van der Waals surface area contributed by atoms with Gasteiger partial charge >= 0.3 is 0 Å². The summed E-state index contributed by atoms with van der Waals surface area (Å²) in [7, 11) is -0.496. The van der Waals surface area contributed by atoms with E-state index in [9.17, 15) is 0 Å². The van der Waals surface area contributed by atoms with Gasteiger partial charge in [-0.25, -0.2) is 0 Å². The predicted molar refractivity (Wildman–Crippen MR) is 150 cm³/mol. The number of methoxy groups -OCH3 is 1. The Morgan fingerprint density at radius 3 is 2.34 bits per heavy atom. The van der Waals surface area contributed by atoms with Gasteiger partial charge in [0.1, 0.15) is 17.5 Å². The van der Waals surface area contributed by atoms with Crippen LogP contribution >= 0.6 is 0 Å². The van der Waals surface area contributed by atoms with Gasteiger partial charge in [-0.1, -0.05) is 59.8 Å². The van der Waals surface area contributed by atoms with Gasteiger partial charge in [0.15, 0.2) is 6.79 Å². The quantitative estimate of drug-likeness (QED) is 0.217. The highest BCUT2D eigenvalue weighted by Crippen LogP contribution is 2.67. The van der Waals surface area contributed by atoms with Crippen molar-refractivity contribution in [3.8, 4) is 5.75 Å². The number of benzene rings is 1. The number of allylic oxidation sites excluding steroid dienone is 2. The number of hydrogen-bond acceptors (Lipinski definition) is 6. The first-order valence-corrected chi connectivity index (χ1v) is 16.8. The van der Waals surface area contributed by atoms with E-state index in [-0.39, 0.29) is 30.8 Å². The summed E-state index contributed by atoms with van der Waals surface area (Å²) in [5.41, 5.74) is 5.05. The van der Waals surface area contributed by atoms with E-state index in [1.807, 2.05) is 0 Å². The summed E-state index contributed by atoms with van der Waals surface area (Å²) in [5, 5.41) is 0. The highest BCUT2D eigenvalue weighted by atomic mass is 28.4. The lowest BCUT2D eigenvalue weighted by molar-refractivity contribution is -0.261. The van der Waals surface area contributed by atoms with Crippen molar-refractivity contribution in [1.29, 1.82) is 0 Å². The average Bonchev–Trinajstić information content (AvgIpc) is 3.21. The van der Waals surface area contributed by atoms with E-state index < -0.39 is 19.7 Å². The Morgan fingerprint density at radius 2 is 1.71 bits per heavy atom.